The van der Waals surface area contributed by atoms with Crippen molar-refractivity contribution in [2.75, 3.05) is 0 Å². The number of aliphatic hydroxyl groups is 1. The molecule has 1 aromatic carbocycles. The smallest absolute Gasteiger partial charge is 0.183 e. The van der Waals surface area contributed by atoms with Crippen LogP contribution in [-0.2, 0) is 6.54 Å². The molecular weight excluding hydrogens is 346 g/mol. The van der Waals surface area contributed by atoms with Crippen LogP contribution in [0.3, 0.4) is 0 Å². The number of pyridine rings is 1. The maximum absolute atomic E-state index is 10.0. The lowest BCUT2D eigenvalue weighted by Gasteiger charge is -2.07. The van der Waals surface area contributed by atoms with Crippen molar-refractivity contribution >= 4 is 15.9 Å². The first-order chi connectivity index (χ1) is 7.75. The van der Waals surface area contributed by atoms with Gasteiger partial charge in [0, 0.05) is 6.07 Å². The van der Waals surface area contributed by atoms with Crippen LogP contribution in [0.15, 0.2) is 59.3 Å². The van der Waals surface area contributed by atoms with Crippen LogP contribution >= 0.6 is 15.9 Å². The average molecular weight is 359 g/mol. The zero-order valence-corrected chi connectivity index (χ0v) is 12.3. The van der Waals surface area contributed by atoms with E-state index in [0.717, 1.165) is 10.0 Å². The minimum Gasteiger partial charge on any atom is -1.00 e. The van der Waals surface area contributed by atoms with Crippen LogP contribution in [0.4, 0.5) is 0 Å². The predicted molar refractivity (Wildman–Crippen MR) is 65.7 cm³/mol. The Labute approximate surface area is 120 Å². The van der Waals surface area contributed by atoms with Gasteiger partial charge in [0.05, 0.1) is 4.47 Å². The van der Waals surface area contributed by atoms with E-state index < -0.39 is 6.10 Å². The topological polar surface area (TPSA) is 24.1 Å². The molecular formula is C13H13Br2NO. The highest BCUT2D eigenvalue weighted by Crippen LogP contribution is 2.12. The van der Waals surface area contributed by atoms with Gasteiger partial charge in [0.15, 0.2) is 18.9 Å². The van der Waals surface area contributed by atoms with E-state index in [2.05, 4.69) is 15.9 Å². The molecule has 2 nitrogen and oxygen atoms in total. The maximum Gasteiger partial charge on any atom is 0.183 e. The molecule has 2 aromatic rings. The van der Waals surface area contributed by atoms with Crippen LogP contribution in [0.1, 0.15) is 11.7 Å². The monoisotopic (exact) mass is 357 g/mol. The number of aromatic nitrogens is 1. The summed E-state index contributed by atoms with van der Waals surface area (Å²) in [5, 5.41) is 10.0. The summed E-state index contributed by atoms with van der Waals surface area (Å²) in [6.45, 7) is 0.559. The van der Waals surface area contributed by atoms with Crippen LogP contribution in [0, 0.1) is 0 Å². The lowest BCUT2D eigenvalue weighted by molar-refractivity contribution is -0.705. The van der Waals surface area contributed by atoms with Crippen LogP contribution in [0.5, 0.6) is 0 Å². The van der Waals surface area contributed by atoms with Crippen molar-refractivity contribution in [1.29, 1.82) is 0 Å². The lowest BCUT2D eigenvalue weighted by atomic mass is 10.1. The van der Waals surface area contributed by atoms with Gasteiger partial charge in [-0.25, -0.2) is 4.57 Å². The Kier molecular flexibility index (Phi) is 5.82. The van der Waals surface area contributed by atoms with Gasteiger partial charge in [-0.15, -0.1) is 0 Å². The van der Waals surface area contributed by atoms with E-state index in [0.29, 0.717) is 6.54 Å². The molecule has 1 atom stereocenters. The van der Waals surface area contributed by atoms with Crippen LogP contribution in [0.2, 0.25) is 0 Å². The van der Waals surface area contributed by atoms with E-state index in [1.165, 1.54) is 0 Å². The van der Waals surface area contributed by atoms with E-state index in [1.807, 2.05) is 59.4 Å². The third-order valence-electron chi connectivity index (χ3n) is 2.39. The second kappa shape index (κ2) is 6.89. The summed E-state index contributed by atoms with van der Waals surface area (Å²) < 4.78 is 2.97. The number of nitrogens with zero attached hydrogens (tertiary/aromatic N) is 1. The lowest BCUT2D eigenvalue weighted by Crippen LogP contribution is -3.00. The average Bonchev–Trinajstić information content (AvgIpc) is 2.30. The Balaban J connectivity index is 0.00000144. The zero-order valence-electron chi connectivity index (χ0n) is 9.13. The summed E-state index contributed by atoms with van der Waals surface area (Å²) in [5.74, 6) is 0. The zero-order chi connectivity index (χ0) is 11.4. The van der Waals surface area contributed by atoms with Gasteiger partial charge in [-0.2, -0.15) is 0 Å². The van der Waals surface area contributed by atoms with E-state index >= 15 is 0 Å². The highest BCUT2D eigenvalue weighted by Gasteiger charge is 2.12. The summed E-state index contributed by atoms with van der Waals surface area (Å²) in [7, 11) is 0. The summed E-state index contributed by atoms with van der Waals surface area (Å²) in [6.07, 6.45) is 3.42. The van der Waals surface area contributed by atoms with Crippen molar-refractivity contribution in [2.24, 2.45) is 0 Å². The van der Waals surface area contributed by atoms with Gasteiger partial charge >= 0.3 is 0 Å². The minimum atomic E-state index is -0.472. The number of benzene rings is 1. The number of rotatable bonds is 3. The van der Waals surface area contributed by atoms with Gasteiger partial charge in [-0.05, 0) is 27.6 Å². The summed E-state index contributed by atoms with van der Waals surface area (Å²) in [4.78, 5) is 0. The Bertz CT molecular complexity index is 462. The van der Waals surface area contributed by atoms with E-state index in [1.54, 1.807) is 0 Å². The highest BCUT2D eigenvalue weighted by atomic mass is 79.9. The van der Waals surface area contributed by atoms with Crippen molar-refractivity contribution in [1.82, 2.24) is 0 Å². The van der Waals surface area contributed by atoms with Gasteiger partial charge in [-0.1, -0.05) is 30.3 Å². The van der Waals surface area contributed by atoms with E-state index in [-0.39, 0.29) is 17.0 Å². The fourth-order valence-corrected chi connectivity index (χ4v) is 2.00. The largest absolute Gasteiger partial charge is 1.00 e. The third kappa shape index (κ3) is 4.22. The van der Waals surface area contributed by atoms with Gasteiger partial charge < -0.3 is 22.1 Å². The van der Waals surface area contributed by atoms with Crippen molar-refractivity contribution in [3.8, 4) is 0 Å². The normalized spacial score (nSPS) is 11.6. The van der Waals surface area contributed by atoms with Gasteiger partial charge in [0.2, 0.25) is 0 Å². The molecule has 1 unspecified atom stereocenters. The van der Waals surface area contributed by atoms with Gasteiger partial charge in [0.1, 0.15) is 6.10 Å². The first-order valence-corrected chi connectivity index (χ1v) is 5.92. The third-order valence-corrected chi connectivity index (χ3v) is 2.86. The molecule has 0 bridgehead atoms. The highest BCUT2D eigenvalue weighted by molar-refractivity contribution is 9.10. The van der Waals surface area contributed by atoms with Crippen molar-refractivity contribution < 1.29 is 26.7 Å². The number of halogens is 2. The van der Waals surface area contributed by atoms with Crippen LogP contribution < -0.4 is 21.5 Å². The molecule has 0 aliphatic rings. The summed E-state index contributed by atoms with van der Waals surface area (Å²) in [6, 6.07) is 13.6. The Morgan fingerprint density at radius 2 is 1.82 bits per heavy atom. The maximum atomic E-state index is 10.0. The number of hydrogen-bond acceptors (Lipinski definition) is 1. The quantitative estimate of drug-likeness (QED) is 0.733. The van der Waals surface area contributed by atoms with Crippen LogP contribution in [0.25, 0.3) is 0 Å². The summed E-state index contributed by atoms with van der Waals surface area (Å²) >= 11 is 3.41. The molecule has 0 fully saturated rings. The van der Waals surface area contributed by atoms with Crippen molar-refractivity contribution in [3.05, 3.63) is 64.9 Å². The SMILES string of the molecule is OC(C[n+]1cccc(Br)c1)c1ccccc1.[Br-]. The van der Waals surface area contributed by atoms with Gasteiger partial charge in [0.25, 0.3) is 0 Å². The number of hydrogen-bond donors (Lipinski definition) is 1. The Hall–Kier alpha value is -0.710. The molecule has 0 spiro atoms. The Morgan fingerprint density at radius 1 is 1.12 bits per heavy atom. The molecule has 90 valence electrons. The van der Waals surface area contributed by atoms with Gasteiger partial charge in [-0.3, -0.25) is 0 Å². The van der Waals surface area contributed by atoms with E-state index in [4.69, 9.17) is 0 Å². The molecule has 0 aliphatic carbocycles. The second-order valence-corrected chi connectivity index (χ2v) is 4.56. The van der Waals surface area contributed by atoms with Crippen molar-refractivity contribution in [2.45, 2.75) is 12.6 Å². The first kappa shape index (κ1) is 14.4. The molecule has 0 amide bonds. The minimum absolute atomic E-state index is 0. The molecule has 0 saturated carbocycles. The number of aliphatic hydroxyl groups excluding tert-OH is 1. The molecule has 1 heterocycles. The predicted octanol–water partition coefficient (Wildman–Crippen LogP) is -0.526. The molecule has 2 rings (SSSR count). The fourth-order valence-electron chi connectivity index (χ4n) is 1.58. The van der Waals surface area contributed by atoms with Crippen LogP contribution in [-0.4, -0.2) is 5.11 Å². The fraction of sp³-hybridized carbons (Fsp3) is 0.154. The first-order valence-electron chi connectivity index (χ1n) is 5.13. The molecule has 0 aliphatic heterocycles. The second-order valence-electron chi connectivity index (χ2n) is 3.65. The standard InChI is InChI=1S/C13H13BrNO.BrH/c14-12-7-4-8-15(9-12)10-13(16)11-5-2-1-3-6-11;/h1-9,13,16H,10H2;1H/q+1;/p-1. The molecule has 17 heavy (non-hydrogen) atoms. The summed E-state index contributed by atoms with van der Waals surface area (Å²) in [5.41, 5.74) is 0.940. The van der Waals surface area contributed by atoms with Crippen molar-refractivity contribution in [3.63, 3.8) is 0 Å². The molecule has 1 N–H and O–H groups in total. The Morgan fingerprint density at radius 3 is 2.47 bits per heavy atom. The molecule has 1 aromatic heterocycles. The van der Waals surface area contributed by atoms with E-state index in [9.17, 15) is 5.11 Å². The molecule has 4 heteroatoms. The molecule has 0 radical (unpaired) electrons. The molecule has 0 saturated heterocycles.